The maximum atomic E-state index is 4.58. The van der Waals surface area contributed by atoms with Crippen LogP contribution in [0.5, 0.6) is 0 Å². The first kappa shape index (κ1) is 14.1. The largest absolute Gasteiger partial charge is 0.369 e. The lowest BCUT2D eigenvalue weighted by Crippen LogP contribution is -2.08. The minimum atomic E-state index is 0.748. The van der Waals surface area contributed by atoms with E-state index in [1.165, 1.54) is 0 Å². The Bertz CT molecular complexity index is 946. The zero-order valence-electron chi connectivity index (χ0n) is 12.3. The quantitative estimate of drug-likeness (QED) is 0.573. The summed E-state index contributed by atoms with van der Waals surface area (Å²) in [7, 11) is 0. The number of benzene rings is 2. The number of fused-ring (bicyclic) bond motifs is 2. The summed E-state index contributed by atoms with van der Waals surface area (Å²) in [6, 6.07) is 14.0. The van der Waals surface area contributed by atoms with Gasteiger partial charge in [-0.15, -0.1) is 0 Å². The van der Waals surface area contributed by atoms with E-state index in [9.17, 15) is 0 Å². The number of nitrogens with one attached hydrogen (secondary N) is 2. The van der Waals surface area contributed by atoms with Crippen LogP contribution in [0.1, 0.15) is 5.82 Å². The van der Waals surface area contributed by atoms with E-state index < -0.39 is 0 Å². The number of rotatable bonds is 4. The van der Waals surface area contributed by atoms with Gasteiger partial charge in [0.1, 0.15) is 18.0 Å². The lowest BCUT2D eigenvalue weighted by Gasteiger charge is -2.07. The van der Waals surface area contributed by atoms with Crippen LogP contribution in [-0.4, -0.2) is 26.5 Å². The number of H-pyrrole nitrogens is 1. The molecular formula is C17H14BrN5. The number of hydrogen-bond donors (Lipinski definition) is 2. The molecule has 6 heteroatoms. The summed E-state index contributed by atoms with van der Waals surface area (Å²) in [6.07, 6.45) is 2.38. The standard InChI is InChI=1S/C17H14BrN5/c18-11-5-6-13-12(9-11)17(21-10-20-13)19-8-7-16-22-14-3-1-2-4-15(14)23-16/h1-6,9-10H,7-8H2,(H,22,23)(H,19,20,21). The van der Waals surface area contributed by atoms with Gasteiger partial charge in [-0.1, -0.05) is 28.1 Å². The van der Waals surface area contributed by atoms with Crippen molar-refractivity contribution in [3.8, 4) is 0 Å². The van der Waals surface area contributed by atoms with Crippen molar-refractivity contribution >= 4 is 43.7 Å². The van der Waals surface area contributed by atoms with Gasteiger partial charge in [-0.3, -0.25) is 0 Å². The normalized spacial score (nSPS) is 11.2. The van der Waals surface area contributed by atoms with Crippen molar-refractivity contribution in [1.82, 2.24) is 19.9 Å². The highest BCUT2D eigenvalue weighted by Crippen LogP contribution is 2.23. The van der Waals surface area contributed by atoms with Gasteiger partial charge in [0.2, 0.25) is 0 Å². The molecule has 0 bridgehead atoms. The highest BCUT2D eigenvalue weighted by Gasteiger charge is 2.05. The highest BCUT2D eigenvalue weighted by atomic mass is 79.9. The first-order valence-electron chi connectivity index (χ1n) is 7.37. The van der Waals surface area contributed by atoms with E-state index in [0.29, 0.717) is 0 Å². The van der Waals surface area contributed by atoms with Gasteiger partial charge >= 0.3 is 0 Å². The molecule has 4 rings (SSSR count). The minimum Gasteiger partial charge on any atom is -0.369 e. The van der Waals surface area contributed by atoms with Crippen LogP contribution in [0.25, 0.3) is 21.9 Å². The Morgan fingerprint density at radius 2 is 1.96 bits per heavy atom. The third-order valence-electron chi connectivity index (χ3n) is 3.69. The molecule has 0 aliphatic heterocycles. The molecule has 0 saturated carbocycles. The van der Waals surface area contributed by atoms with Crippen molar-refractivity contribution in [2.45, 2.75) is 6.42 Å². The molecule has 2 aromatic heterocycles. The highest BCUT2D eigenvalue weighted by molar-refractivity contribution is 9.10. The van der Waals surface area contributed by atoms with Crippen LogP contribution in [0, 0.1) is 0 Å². The van der Waals surface area contributed by atoms with Gasteiger partial charge in [0.25, 0.3) is 0 Å². The molecule has 5 nitrogen and oxygen atoms in total. The molecule has 2 heterocycles. The number of para-hydroxylation sites is 2. The van der Waals surface area contributed by atoms with E-state index in [0.717, 1.165) is 51.0 Å². The van der Waals surface area contributed by atoms with Crippen LogP contribution < -0.4 is 5.32 Å². The average Bonchev–Trinajstić information content (AvgIpc) is 2.98. The molecule has 23 heavy (non-hydrogen) atoms. The molecule has 2 aromatic carbocycles. The topological polar surface area (TPSA) is 66.5 Å². The Morgan fingerprint density at radius 3 is 2.87 bits per heavy atom. The predicted molar refractivity (Wildman–Crippen MR) is 95.5 cm³/mol. The minimum absolute atomic E-state index is 0.748. The third-order valence-corrected chi connectivity index (χ3v) is 4.18. The van der Waals surface area contributed by atoms with Crippen molar-refractivity contribution in [3.63, 3.8) is 0 Å². The van der Waals surface area contributed by atoms with Crippen LogP contribution in [0.3, 0.4) is 0 Å². The summed E-state index contributed by atoms with van der Waals surface area (Å²) < 4.78 is 1.01. The zero-order valence-corrected chi connectivity index (χ0v) is 13.8. The van der Waals surface area contributed by atoms with Gasteiger partial charge in [0, 0.05) is 22.8 Å². The van der Waals surface area contributed by atoms with Gasteiger partial charge in [-0.05, 0) is 30.3 Å². The monoisotopic (exact) mass is 367 g/mol. The lowest BCUT2D eigenvalue weighted by atomic mass is 10.2. The summed E-state index contributed by atoms with van der Waals surface area (Å²) >= 11 is 3.49. The summed E-state index contributed by atoms with van der Waals surface area (Å²) in [4.78, 5) is 16.6. The summed E-state index contributed by atoms with van der Waals surface area (Å²) in [6.45, 7) is 0.748. The smallest absolute Gasteiger partial charge is 0.137 e. The Hall–Kier alpha value is -2.47. The number of aromatic amines is 1. The molecule has 0 radical (unpaired) electrons. The van der Waals surface area contributed by atoms with Crippen molar-refractivity contribution in [1.29, 1.82) is 0 Å². The van der Waals surface area contributed by atoms with E-state index in [-0.39, 0.29) is 0 Å². The molecule has 2 N–H and O–H groups in total. The first-order chi connectivity index (χ1) is 11.3. The molecular weight excluding hydrogens is 354 g/mol. The van der Waals surface area contributed by atoms with E-state index in [1.807, 2.05) is 42.5 Å². The Balaban J connectivity index is 1.52. The summed E-state index contributed by atoms with van der Waals surface area (Å²) in [5, 5.41) is 4.38. The Kier molecular flexibility index (Phi) is 3.67. The van der Waals surface area contributed by atoms with Crippen LogP contribution >= 0.6 is 15.9 Å². The number of hydrogen-bond acceptors (Lipinski definition) is 4. The molecule has 0 unspecified atom stereocenters. The number of aromatic nitrogens is 4. The van der Waals surface area contributed by atoms with E-state index >= 15 is 0 Å². The Morgan fingerprint density at radius 1 is 1.04 bits per heavy atom. The predicted octanol–water partition coefficient (Wildman–Crippen LogP) is 3.92. The van der Waals surface area contributed by atoms with Crippen LogP contribution in [0.15, 0.2) is 53.3 Å². The Labute approximate surface area is 141 Å². The number of nitrogens with zero attached hydrogens (tertiary/aromatic N) is 3. The maximum absolute atomic E-state index is 4.58. The zero-order chi connectivity index (χ0) is 15.6. The number of imidazole rings is 1. The fourth-order valence-corrected chi connectivity index (χ4v) is 2.95. The van der Waals surface area contributed by atoms with Gasteiger partial charge in [0.05, 0.1) is 16.6 Å². The van der Waals surface area contributed by atoms with E-state index in [2.05, 4.69) is 41.2 Å². The summed E-state index contributed by atoms with van der Waals surface area (Å²) in [5.74, 6) is 1.81. The van der Waals surface area contributed by atoms with Crippen molar-refractivity contribution < 1.29 is 0 Å². The van der Waals surface area contributed by atoms with Crippen LogP contribution in [0.2, 0.25) is 0 Å². The number of halogens is 1. The summed E-state index contributed by atoms with van der Waals surface area (Å²) in [5.41, 5.74) is 2.99. The maximum Gasteiger partial charge on any atom is 0.137 e. The number of anilines is 1. The second kappa shape index (κ2) is 5.96. The third kappa shape index (κ3) is 2.90. The first-order valence-corrected chi connectivity index (χ1v) is 8.17. The molecule has 0 spiro atoms. The van der Waals surface area contributed by atoms with Gasteiger partial charge < -0.3 is 10.3 Å². The van der Waals surface area contributed by atoms with Crippen molar-refractivity contribution in [2.24, 2.45) is 0 Å². The average molecular weight is 368 g/mol. The van der Waals surface area contributed by atoms with Crippen LogP contribution in [0.4, 0.5) is 5.82 Å². The van der Waals surface area contributed by atoms with E-state index in [1.54, 1.807) is 6.33 Å². The second-order valence-corrected chi connectivity index (χ2v) is 6.18. The van der Waals surface area contributed by atoms with Crippen LogP contribution in [-0.2, 0) is 6.42 Å². The molecule has 0 aliphatic carbocycles. The fourth-order valence-electron chi connectivity index (χ4n) is 2.59. The molecule has 4 aromatic rings. The molecule has 0 aliphatic rings. The fraction of sp³-hybridized carbons (Fsp3) is 0.118. The van der Waals surface area contributed by atoms with Gasteiger partial charge in [-0.25, -0.2) is 15.0 Å². The van der Waals surface area contributed by atoms with Gasteiger partial charge in [-0.2, -0.15) is 0 Å². The molecule has 0 atom stereocenters. The molecule has 0 amide bonds. The molecule has 0 saturated heterocycles. The van der Waals surface area contributed by atoms with Crippen molar-refractivity contribution in [3.05, 3.63) is 59.1 Å². The SMILES string of the molecule is Brc1ccc2ncnc(NCCc3nc4ccccc4[nH]3)c2c1. The molecule has 0 fully saturated rings. The lowest BCUT2D eigenvalue weighted by molar-refractivity contribution is 0.929. The second-order valence-electron chi connectivity index (χ2n) is 5.26. The van der Waals surface area contributed by atoms with Gasteiger partial charge in [0.15, 0.2) is 0 Å². The molecule has 114 valence electrons. The van der Waals surface area contributed by atoms with E-state index in [4.69, 9.17) is 0 Å². The van der Waals surface area contributed by atoms with Crippen molar-refractivity contribution in [2.75, 3.05) is 11.9 Å².